The Morgan fingerprint density at radius 1 is 1.11 bits per heavy atom. The molecular formula is C27H24BrN3O4S. The van der Waals surface area contributed by atoms with E-state index in [0.717, 1.165) is 16.8 Å². The van der Waals surface area contributed by atoms with E-state index < -0.39 is 0 Å². The lowest BCUT2D eigenvalue weighted by Crippen LogP contribution is -2.20. The minimum atomic E-state index is -0.291. The number of hydrogen-bond acceptors (Lipinski definition) is 6. The molecule has 184 valence electrons. The summed E-state index contributed by atoms with van der Waals surface area (Å²) >= 11 is 4.78. The smallest absolute Gasteiger partial charge is 0.264 e. The quantitative estimate of drug-likeness (QED) is 0.324. The number of nitrogens with one attached hydrogen (secondary N) is 2. The van der Waals surface area contributed by atoms with Gasteiger partial charge in [-0.1, -0.05) is 35.9 Å². The molecule has 1 heterocycles. The van der Waals surface area contributed by atoms with Crippen LogP contribution in [0, 0.1) is 6.92 Å². The van der Waals surface area contributed by atoms with Crippen LogP contribution in [0.15, 0.2) is 81.1 Å². The van der Waals surface area contributed by atoms with Gasteiger partial charge < -0.3 is 20.1 Å². The molecule has 4 rings (SSSR count). The molecule has 0 aliphatic carbocycles. The fourth-order valence-electron chi connectivity index (χ4n) is 3.30. The normalized spacial score (nSPS) is 15.1. The number of ether oxygens (including phenoxy) is 2. The molecule has 0 unspecified atom stereocenters. The van der Waals surface area contributed by atoms with Gasteiger partial charge in [-0.15, -0.1) is 0 Å². The summed E-state index contributed by atoms with van der Waals surface area (Å²) in [5.41, 5.74) is 3.34. The summed E-state index contributed by atoms with van der Waals surface area (Å²) in [4.78, 5) is 29.9. The van der Waals surface area contributed by atoms with Crippen molar-refractivity contribution in [1.82, 2.24) is 5.32 Å². The summed E-state index contributed by atoms with van der Waals surface area (Å²) in [6, 6.07) is 20.5. The number of para-hydroxylation sites is 1. The molecule has 2 amide bonds. The number of amides is 2. The van der Waals surface area contributed by atoms with Gasteiger partial charge in [-0.3, -0.25) is 9.59 Å². The number of carbonyl (C=O) groups is 2. The predicted molar refractivity (Wildman–Crippen MR) is 148 cm³/mol. The molecule has 36 heavy (non-hydrogen) atoms. The van der Waals surface area contributed by atoms with Crippen molar-refractivity contribution in [2.75, 3.05) is 18.5 Å². The molecule has 9 heteroatoms. The summed E-state index contributed by atoms with van der Waals surface area (Å²) in [5, 5.41) is 6.10. The molecule has 0 spiro atoms. The van der Waals surface area contributed by atoms with Crippen LogP contribution >= 0.6 is 27.7 Å². The highest BCUT2D eigenvalue weighted by atomic mass is 79.9. The third-order valence-electron chi connectivity index (χ3n) is 4.95. The van der Waals surface area contributed by atoms with Crippen LogP contribution < -0.4 is 20.1 Å². The zero-order valence-corrected chi connectivity index (χ0v) is 22.1. The Kier molecular flexibility index (Phi) is 8.45. The van der Waals surface area contributed by atoms with Crippen molar-refractivity contribution in [3.05, 3.63) is 87.2 Å². The van der Waals surface area contributed by atoms with E-state index in [1.165, 1.54) is 11.8 Å². The largest absolute Gasteiger partial charge is 0.490 e. The highest BCUT2D eigenvalue weighted by molar-refractivity contribution is 9.10. The Morgan fingerprint density at radius 2 is 1.86 bits per heavy atom. The van der Waals surface area contributed by atoms with Crippen LogP contribution in [-0.2, 0) is 9.59 Å². The van der Waals surface area contributed by atoms with Gasteiger partial charge in [-0.25, -0.2) is 4.99 Å². The van der Waals surface area contributed by atoms with Crippen molar-refractivity contribution in [3.8, 4) is 11.5 Å². The minimum Gasteiger partial charge on any atom is -0.490 e. The number of halogens is 1. The van der Waals surface area contributed by atoms with Crippen molar-refractivity contribution in [3.63, 3.8) is 0 Å². The topological polar surface area (TPSA) is 89.0 Å². The molecule has 0 aromatic heterocycles. The minimum absolute atomic E-state index is 0.189. The number of amidine groups is 1. The second-order valence-electron chi connectivity index (χ2n) is 7.78. The summed E-state index contributed by atoms with van der Waals surface area (Å²) in [5.74, 6) is 0.356. The van der Waals surface area contributed by atoms with Crippen LogP contribution in [0.1, 0.15) is 18.1 Å². The lowest BCUT2D eigenvalue weighted by atomic mass is 10.2. The highest BCUT2D eigenvalue weighted by Crippen LogP contribution is 2.38. The maximum atomic E-state index is 12.5. The molecule has 3 aromatic rings. The SMILES string of the molecule is CCOc1cc(/C=C2\SC(=Nc3ccc(C)cc3)NC2=O)cc(Br)c1OCC(=O)Nc1ccccc1. The summed E-state index contributed by atoms with van der Waals surface area (Å²) in [7, 11) is 0. The van der Waals surface area contributed by atoms with Gasteiger partial charge in [0, 0.05) is 5.69 Å². The molecule has 3 aromatic carbocycles. The Morgan fingerprint density at radius 3 is 2.58 bits per heavy atom. The van der Waals surface area contributed by atoms with E-state index in [0.29, 0.717) is 38.3 Å². The molecule has 0 saturated carbocycles. The fraction of sp³-hybridized carbons (Fsp3) is 0.148. The number of aliphatic imine (C=N–C) groups is 1. The molecule has 1 saturated heterocycles. The van der Waals surface area contributed by atoms with Crippen molar-refractivity contribution < 1.29 is 19.1 Å². The average molecular weight is 566 g/mol. The van der Waals surface area contributed by atoms with Gasteiger partial charge in [-0.05, 0) is 89.6 Å². The summed E-state index contributed by atoms with van der Waals surface area (Å²) in [6.45, 7) is 4.08. The van der Waals surface area contributed by atoms with Crippen molar-refractivity contribution >= 4 is 62.1 Å². The number of rotatable bonds is 8. The van der Waals surface area contributed by atoms with Gasteiger partial charge in [0.1, 0.15) is 0 Å². The first-order valence-corrected chi connectivity index (χ1v) is 12.8. The first-order valence-electron chi connectivity index (χ1n) is 11.2. The molecule has 1 aliphatic rings. The molecule has 0 atom stereocenters. The second-order valence-corrected chi connectivity index (χ2v) is 9.67. The number of anilines is 1. The maximum Gasteiger partial charge on any atom is 0.264 e. The maximum absolute atomic E-state index is 12.5. The molecule has 1 fully saturated rings. The molecule has 0 bridgehead atoms. The summed E-state index contributed by atoms with van der Waals surface area (Å²) < 4.78 is 12.1. The standard InChI is InChI=1S/C27H24BrN3O4S/c1-3-34-22-14-18(13-21(28)25(22)35-16-24(32)29-19-7-5-4-6-8-19)15-23-26(33)31-27(36-23)30-20-11-9-17(2)10-12-20/h4-15H,3,16H2,1-2H3,(H,29,32)(H,30,31,33)/b23-15-. The van der Waals surface area contributed by atoms with Gasteiger partial charge in [-0.2, -0.15) is 0 Å². The zero-order valence-electron chi connectivity index (χ0n) is 19.7. The first-order chi connectivity index (χ1) is 17.4. The van der Waals surface area contributed by atoms with Crippen LogP contribution in [0.2, 0.25) is 0 Å². The van der Waals surface area contributed by atoms with Crippen molar-refractivity contribution in [2.24, 2.45) is 4.99 Å². The Bertz CT molecular complexity index is 1320. The van der Waals surface area contributed by atoms with Crippen molar-refractivity contribution in [1.29, 1.82) is 0 Å². The number of nitrogens with zero attached hydrogens (tertiary/aromatic N) is 1. The Hall–Kier alpha value is -3.56. The van der Waals surface area contributed by atoms with E-state index in [1.54, 1.807) is 24.3 Å². The first kappa shape index (κ1) is 25.5. The lowest BCUT2D eigenvalue weighted by Gasteiger charge is -2.15. The van der Waals surface area contributed by atoms with Gasteiger partial charge in [0.2, 0.25) is 0 Å². The number of benzene rings is 3. The number of carbonyl (C=O) groups excluding carboxylic acids is 2. The highest BCUT2D eigenvalue weighted by Gasteiger charge is 2.24. The van der Waals surface area contributed by atoms with Gasteiger partial charge >= 0.3 is 0 Å². The fourth-order valence-corrected chi connectivity index (χ4v) is 4.72. The Balaban J connectivity index is 1.49. The molecule has 2 N–H and O–H groups in total. The van der Waals surface area contributed by atoms with Crippen LogP contribution in [0.3, 0.4) is 0 Å². The molecular weight excluding hydrogens is 542 g/mol. The van der Waals surface area contributed by atoms with Gasteiger partial charge in [0.05, 0.1) is 21.7 Å². The van der Waals surface area contributed by atoms with E-state index in [2.05, 4.69) is 31.6 Å². The van der Waals surface area contributed by atoms with Crippen LogP contribution in [-0.4, -0.2) is 30.2 Å². The molecule has 7 nitrogen and oxygen atoms in total. The lowest BCUT2D eigenvalue weighted by molar-refractivity contribution is -0.118. The van der Waals surface area contributed by atoms with Gasteiger partial charge in [0.25, 0.3) is 11.8 Å². The summed E-state index contributed by atoms with van der Waals surface area (Å²) in [6.07, 6.45) is 1.76. The Labute approximate surface area is 222 Å². The number of hydrogen-bond donors (Lipinski definition) is 2. The van der Waals surface area contributed by atoms with E-state index in [4.69, 9.17) is 9.47 Å². The second kappa shape index (κ2) is 11.9. The molecule has 0 radical (unpaired) electrons. The van der Waals surface area contributed by atoms with Crippen LogP contribution in [0.4, 0.5) is 11.4 Å². The predicted octanol–water partition coefficient (Wildman–Crippen LogP) is 6.07. The third-order valence-corrected chi connectivity index (χ3v) is 6.45. The number of aryl methyl sites for hydroxylation is 1. The zero-order chi connectivity index (χ0) is 25.5. The van der Waals surface area contributed by atoms with Gasteiger partial charge in [0.15, 0.2) is 23.3 Å². The van der Waals surface area contributed by atoms with E-state index >= 15 is 0 Å². The average Bonchev–Trinajstić information content (AvgIpc) is 3.19. The van der Waals surface area contributed by atoms with Crippen molar-refractivity contribution in [2.45, 2.75) is 13.8 Å². The van der Waals surface area contributed by atoms with Crippen LogP contribution in [0.5, 0.6) is 11.5 Å². The monoisotopic (exact) mass is 565 g/mol. The third kappa shape index (κ3) is 6.77. The van der Waals surface area contributed by atoms with E-state index in [9.17, 15) is 9.59 Å². The molecule has 1 aliphatic heterocycles. The number of thioether (sulfide) groups is 1. The van der Waals surface area contributed by atoms with Crippen LogP contribution in [0.25, 0.3) is 6.08 Å². The van der Waals surface area contributed by atoms with E-state index in [-0.39, 0.29) is 18.4 Å². The van der Waals surface area contributed by atoms with E-state index in [1.807, 2.05) is 62.4 Å².